The summed E-state index contributed by atoms with van der Waals surface area (Å²) in [4.78, 5) is 39.2. The zero-order valence-corrected chi connectivity index (χ0v) is 15.9. The Morgan fingerprint density at radius 3 is 2.74 bits per heavy atom. The summed E-state index contributed by atoms with van der Waals surface area (Å²) in [5, 5.41) is 7.46. The van der Waals surface area contributed by atoms with Gasteiger partial charge in [-0.05, 0) is 50.9 Å². The van der Waals surface area contributed by atoms with Crippen LogP contribution in [0.1, 0.15) is 67.2 Å². The standard InChI is InChI=1S/C19H26N4O4/c1-12-6-8-19(9-7-12)17(25)22(18(26)20-19)11-13-15(16(24)27-2)14-5-3-4-10-23(14)21-13/h12H,3-11H2,1-2H3,(H,20,26). The minimum Gasteiger partial charge on any atom is -0.465 e. The van der Waals surface area contributed by atoms with Gasteiger partial charge in [-0.3, -0.25) is 14.4 Å². The van der Waals surface area contributed by atoms with Gasteiger partial charge in [0.1, 0.15) is 11.1 Å². The number of carbonyl (C=O) groups excluding carboxylic acids is 3. The molecule has 8 nitrogen and oxygen atoms in total. The summed E-state index contributed by atoms with van der Waals surface area (Å²) >= 11 is 0. The molecule has 0 atom stereocenters. The second-order valence-corrected chi connectivity index (χ2v) is 8.03. The zero-order valence-electron chi connectivity index (χ0n) is 15.9. The van der Waals surface area contributed by atoms with Gasteiger partial charge in [0.25, 0.3) is 5.91 Å². The first kappa shape index (κ1) is 18.0. The zero-order chi connectivity index (χ0) is 19.2. The van der Waals surface area contributed by atoms with Gasteiger partial charge in [0, 0.05) is 6.54 Å². The van der Waals surface area contributed by atoms with Crippen molar-refractivity contribution < 1.29 is 19.1 Å². The second kappa shape index (κ2) is 6.65. The van der Waals surface area contributed by atoms with Crippen LogP contribution in [-0.4, -0.2) is 45.2 Å². The maximum Gasteiger partial charge on any atom is 0.341 e. The molecule has 0 unspecified atom stereocenters. The van der Waals surface area contributed by atoms with Crippen LogP contribution in [0.3, 0.4) is 0 Å². The number of nitrogens with one attached hydrogen (secondary N) is 1. The molecule has 3 amide bonds. The quantitative estimate of drug-likeness (QED) is 0.645. The number of carbonyl (C=O) groups is 3. The monoisotopic (exact) mass is 374 g/mol. The SMILES string of the molecule is COC(=O)c1c(CN2C(=O)NC3(CCC(C)CC3)C2=O)nn2c1CCCC2. The highest BCUT2D eigenvalue weighted by Gasteiger charge is 2.52. The van der Waals surface area contributed by atoms with Crippen molar-refractivity contribution in [2.75, 3.05) is 7.11 Å². The van der Waals surface area contributed by atoms with E-state index in [2.05, 4.69) is 17.3 Å². The fourth-order valence-electron chi connectivity index (χ4n) is 4.56. The Labute approximate surface area is 158 Å². The molecule has 0 radical (unpaired) electrons. The molecule has 1 aliphatic carbocycles. The average Bonchev–Trinajstić information content (AvgIpc) is 3.14. The number of aryl methyl sites for hydroxylation is 1. The minimum atomic E-state index is -0.783. The average molecular weight is 374 g/mol. The lowest BCUT2D eigenvalue weighted by atomic mass is 9.77. The Morgan fingerprint density at radius 1 is 1.30 bits per heavy atom. The number of urea groups is 1. The highest BCUT2D eigenvalue weighted by atomic mass is 16.5. The van der Waals surface area contributed by atoms with Gasteiger partial charge < -0.3 is 10.1 Å². The van der Waals surface area contributed by atoms with Crippen LogP contribution >= 0.6 is 0 Å². The van der Waals surface area contributed by atoms with Crippen LogP contribution in [0.15, 0.2) is 0 Å². The molecule has 4 rings (SSSR count). The molecule has 3 heterocycles. The topological polar surface area (TPSA) is 93.5 Å². The van der Waals surface area contributed by atoms with Crippen molar-refractivity contribution in [2.24, 2.45) is 5.92 Å². The number of imide groups is 1. The number of aromatic nitrogens is 2. The maximum atomic E-state index is 13.1. The molecule has 146 valence electrons. The van der Waals surface area contributed by atoms with Gasteiger partial charge in [-0.15, -0.1) is 0 Å². The Hall–Kier alpha value is -2.38. The minimum absolute atomic E-state index is 0.00635. The van der Waals surface area contributed by atoms with Gasteiger partial charge in [0.15, 0.2) is 0 Å². The van der Waals surface area contributed by atoms with Crippen molar-refractivity contribution in [1.82, 2.24) is 20.0 Å². The van der Waals surface area contributed by atoms with Crippen molar-refractivity contribution in [2.45, 2.75) is 70.5 Å². The van der Waals surface area contributed by atoms with Crippen molar-refractivity contribution in [3.63, 3.8) is 0 Å². The van der Waals surface area contributed by atoms with Crippen LogP contribution in [0.5, 0.6) is 0 Å². The summed E-state index contributed by atoms with van der Waals surface area (Å²) in [5.74, 6) is -0.0808. The molecular weight excluding hydrogens is 348 g/mol. The lowest BCUT2D eigenvalue weighted by Gasteiger charge is -2.33. The third-order valence-corrected chi connectivity index (χ3v) is 6.23. The molecule has 1 aromatic rings. The highest BCUT2D eigenvalue weighted by molar-refractivity contribution is 6.07. The number of amides is 3. The lowest BCUT2D eigenvalue weighted by molar-refractivity contribution is -0.133. The summed E-state index contributed by atoms with van der Waals surface area (Å²) < 4.78 is 6.77. The molecular formula is C19H26N4O4. The molecule has 1 aromatic heterocycles. The first-order valence-electron chi connectivity index (χ1n) is 9.76. The first-order chi connectivity index (χ1) is 12.9. The van der Waals surface area contributed by atoms with Crippen LogP contribution in [0.2, 0.25) is 0 Å². The number of rotatable bonds is 3. The summed E-state index contributed by atoms with van der Waals surface area (Å²) in [5.41, 5.74) is 0.921. The molecule has 0 aromatic carbocycles. The fourth-order valence-corrected chi connectivity index (χ4v) is 4.56. The largest absolute Gasteiger partial charge is 0.465 e. The van der Waals surface area contributed by atoms with Crippen molar-refractivity contribution in [3.8, 4) is 0 Å². The first-order valence-corrected chi connectivity index (χ1v) is 9.76. The summed E-state index contributed by atoms with van der Waals surface area (Å²) in [7, 11) is 1.34. The van der Waals surface area contributed by atoms with Crippen LogP contribution < -0.4 is 5.32 Å². The van der Waals surface area contributed by atoms with Gasteiger partial charge in [-0.1, -0.05) is 6.92 Å². The van der Waals surface area contributed by atoms with E-state index in [9.17, 15) is 14.4 Å². The molecule has 2 fully saturated rings. The maximum absolute atomic E-state index is 13.1. The van der Waals surface area contributed by atoms with Gasteiger partial charge in [0.05, 0.1) is 25.0 Å². The van der Waals surface area contributed by atoms with E-state index in [1.807, 2.05) is 4.68 Å². The Balaban J connectivity index is 1.62. The van der Waals surface area contributed by atoms with Crippen LogP contribution in [0.25, 0.3) is 0 Å². The van der Waals surface area contributed by atoms with E-state index in [-0.39, 0.29) is 12.5 Å². The number of nitrogens with zero attached hydrogens (tertiary/aromatic N) is 3. The number of fused-ring (bicyclic) bond motifs is 1. The highest BCUT2D eigenvalue weighted by Crippen LogP contribution is 2.37. The predicted molar refractivity (Wildman–Crippen MR) is 95.9 cm³/mol. The van der Waals surface area contributed by atoms with Gasteiger partial charge in [0.2, 0.25) is 0 Å². The Kier molecular flexibility index (Phi) is 4.44. The Bertz CT molecular complexity index is 792. The third-order valence-electron chi connectivity index (χ3n) is 6.23. The number of hydrogen-bond donors (Lipinski definition) is 1. The van der Waals surface area contributed by atoms with E-state index in [0.717, 1.165) is 44.3 Å². The molecule has 3 aliphatic rings. The molecule has 2 aliphatic heterocycles. The van der Waals surface area contributed by atoms with Crippen molar-refractivity contribution in [3.05, 3.63) is 17.0 Å². The van der Waals surface area contributed by atoms with Gasteiger partial charge >= 0.3 is 12.0 Å². The molecule has 1 saturated carbocycles. The lowest BCUT2D eigenvalue weighted by Crippen LogP contribution is -2.49. The fraction of sp³-hybridized carbons (Fsp3) is 0.684. The summed E-state index contributed by atoms with van der Waals surface area (Å²) in [6.07, 6.45) is 5.91. The van der Waals surface area contributed by atoms with Crippen LogP contribution in [-0.2, 0) is 29.0 Å². The molecule has 27 heavy (non-hydrogen) atoms. The van der Waals surface area contributed by atoms with E-state index in [1.54, 1.807) is 0 Å². The van der Waals surface area contributed by atoms with Gasteiger partial charge in [-0.25, -0.2) is 9.59 Å². The number of hydrogen-bond acceptors (Lipinski definition) is 5. The third kappa shape index (κ3) is 2.91. The van der Waals surface area contributed by atoms with Gasteiger partial charge in [-0.2, -0.15) is 5.10 Å². The smallest absolute Gasteiger partial charge is 0.341 e. The van der Waals surface area contributed by atoms with E-state index >= 15 is 0 Å². The van der Waals surface area contributed by atoms with Crippen molar-refractivity contribution >= 4 is 17.9 Å². The van der Waals surface area contributed by atoms with Crippen LogP contribution in [0, 0.1) is 5.92 Å². The number of esters is 1. The molecule has 1 N–H and O–H groups in total. The van der Waals surface area contributed by atoms with E-state index in [4.69, 9.17) is 4.74 Å². The Morgan fingerprint density at radius 2 is 2.04 bits per heavy atom. The summed E-state index contributed by atoms with van der Waals surface area (Å²) in [6.45, 7) is 2.91. The van der Waals surface area contributed by atoms with E-state index < -0.39 is 17.5 Å². The molecule has 0 bridgehead atoms. The summed E-state index contributed by atoms with van der Waals surface area (Å²) in [6, 6.07) is -0.392. The van der Waals surface area contributed by atoms with Crippen LogP contribution in [0.4, 0.5) is 4.79 Å². The van der Waals surface area contributed by atoms with Crippen molar-refractivity contribution in [1.29, 1.82) is 0 Å². The van der Waals surface area contributed by atoms with E-state index in [0.29, 0.717) is 30.0 Å². The number of ether oxygens (including phenoxy) is 1. The predicted octanol–water partition coefficient (Wildman–Crippen LogP) is 2.01. The molecule has 1 spiro atoms. The second-order valence-electron chi connectivity index (χ2n) is 8.03. The molecule has 1 saturated heterocycles. The number of methoxy groups -OCH3 is 1. The normalized spacial score (nSPS) is 27.6. The molecule has 8 heteroatoms. The van der Waals surface area contributed by atoms with E-state index in [1.165, 1.54) is 12.0 Å².